The molecule has 0 bridgehead atoms. The van der Waals surface area contributed by atoms with Crippen LogP contribution >= 0.6 is 11.6 Å². The fourth-order valence-corrected chi connectivity index (χ4v) is 5.34. The summed E-state index contributed by atoms with van der Waals surface area (Å²) in [5.41, 5.74) is 1.23. The third-order valence-corrected chi connectivity index (χ3v) is 7.33. The quantitative estimate of drug-likeness (QED) is 0.615. The molecule has 2 aromatic carbocycles. The average molecular weight is 455 g/mol. The van der Waals surface area contributed by atoms with Crippen molar-refractivity contribution in [1.82, 2.24) is 9.62 Å². The smallest absolute Gasteiger partial charge is 0.197 e. The largest absolute Gasteiger partial charge is 0.612 e. The molecule has 29 heavy (non-hydrogen) atoms. The van der Waals surface area contributed by atoms with E-state index in [4.69, 9.17) is 16.3 Å². The summed E-state index contributed by atoms with van der Waals surface area (Å²) < 4.78 is 33.3. The van der Waals surface area contributed by atoms with E-state index in [1.54, 1.807) is 24.5 Å². The van der Waals surface area contributed by atoms with Crippen LogP contribution < -0.4 is 9.46 Å². The zero-order chi connectivity index (χ0) is 21.0. The van der Waals surface area contributed by atoms with Gasteiger partial charge in [0.05, 0.1) is 34.6 Å². The monoisotopic (exact) mass is 454 g/mol. The molecule has 0 radical (unpaired) electrons. The number of halogens is 1. The van der Waals surface area contributed by atoms with Crippen LogP contribution in [0.25, 0.3) is 0 Å². The van der Waals surface area contributed by atoms with Crippen LogP contribution in [-0.2, 0) is 29.1 Å². The van der Waals surface area contributed by atoms with E-state index in [0.29, 0.717) is 14.8 Å². The molecule has 1 aliphatic heterocycles. The molecule has 2 aromatic rings. The summed E-state index contributed by atoms with van der Waals surface area (Å²) in [6.45, 7) is 6.62. The second kappa shape index (κ2) is 10.4. The van der Waals surface area contributed by atoms with Crippen LogP contribution in [0.4, 0.5) is 0 Å². The molecule has 3 atom stereocenters. The normalized spacial score (nSPS) is 19.5. The van der Waals surface area contributed by atoms with Gasteiger partial charge >= 0.3 is 0 Å². The van der Waals surface area contributed by atoms with E-state index in [1.165, 1.54) is 5.56 Å². The molecule has 0 amide bonds. The van der Waals surface area contributed by atoms with Gasteiger partial charge in [0.15, 0.2) is 9.79 Å². The van der Waals surface area contributed by atoms with Gasteiger partial charge in [-0.15, -0.1) is 4.72 Å². The molecule has 0 saturated carbocycles. The Hall–Kier alpha value is -0.930. The van der Waals surface area contributed by atoms with E-state index < -0.39 is 22.5 Å². The Bertz CT molecular complexity index is 805. The lowest BCUT2D eigenvalue weighted by Crippen LogP contribution is -2.37. The van der Waals surface area contributed by atoms with Gasteiger partial charge in [-0.1, -0.05) is 23.7 Å². The Labute approximate surface area is 184 Å². The maximum absolute atomic E-state index is 12.8. The second-order valence-electron chi connectivity index (χ2n) is 7.46. The van der Waals surface area contributed by atoms with Crippen LogP contribution in [0.15, 0.2) is 52.3 Å². The first-order valence-electron chi connectivity index (χ1n) is 9.60. The van der Waals surface area contributed by atoms with E-state index in [9.17, 15) is 9.11 Å². The molecule has 0 aromatic heterocycles. The van der Waals surface area contributed by atoms with Crippen molar-refractivity contribution in [2.75, 3.05) is 19.3 Å². The van der Waals surface area contributed by atoms with Crippen LogP contribution in [0.2, 0.25) is 5.02 Å². The second-order valence-corrected chi connectivity index (χ2v) is 10.5. The lowest BCUT2D eigenvalue weighted by molar-refractivity contribution is 0.242. The Morgan fingerprint density at radius 3 is 2.59 bits per heavy atom. The van der Waals surface area contributed by atoms with Gasteiger partial charge in [-0.3, -0.25) is 4.90 Å². The first-order chi connectivity index (χ1) is 13.8. The fourth-order valence-electron chi connectivity index (χ4n) is 3.30. The van der Waals surface area contributed by atoms with Crippen molar-refractivity contribution >= 4 is 34.1 Å². The number of likely N-dealkylation sites (tertiary alicyclic amines) is 1. The van der Waals surface area contributed by atoms with Crippen LogP contribution in [0.5, 0.6) is 5.75 Å². The minimum absolute atomic E-state index is 0.117. The molecule has 3 rings (SSSR count). The highest BCUT2D eigenvalue weighted by Crippen LogP contribution is 2.26. The maximum Gasteiger partial charge on any atom is 0.197 e. The molecule has 1 saturated heterocycles. The van der Waals surface area contributed by atoms with Crippen molar-refractivity contribution in [2.24, 2.45) is 0 Å². The standard InChI is InChI=1S/C21H27ClN2O3S2/c1-15(2)27-18-6-4-16(5-7-18)13-24-11-10-17(14-24)23-29(26)21-12-19(28(3)25)8-9-20(21)22/h4-9,12,15,17,23H,10-11,13-14H2,1-3H3/t17-,28+,29+/m1/s1. The molecule has 1 aliphatic rings. The Balaban J connectivity index is 1.54. The minimum atomic E-state index is -1.44. The van der Waals surface area contributed by atoms with Gasteiger partial charge in [0.25, 0.3) is 0 Å². The van der Waals surface area contributed by atoms with E-state index in [0.717, 1.165) is 31.8 Å². The first kappa shape index (κ1) is 22.7. The predicted octanol–water partition coefficient (Wildman–Crippen LogP) is 3.75. The molecule has 8 heteroatoms. The molecular formula is C21H27ClN2O3S2. The zero-order valence-corrected chi connectivity index (χ0v) is 19.3. The van der Waals surface area contributed by atoms with Crippen molar-refractivity contribution in [3.8, 4) is 5.75 Å². The van der Waals surface area contributed by atoms with Gasteiger partial charge in [0, 0.05) is 19.6 Å². The maximum atomic E-state index is 12.8. The number of benzene rings is 2. The summed E-state index contributed by atoms with van der Waals surface area (Å²) in [7, 11) is 0. The summed E-state index contributed by atoms with van der Waals surface area (Å²) in [6, 6.07) is 13.3. The fraction of sp³-hybridized carbons (Fsp3) is 0.429. The molecule has 1 N–H and O–H groups in total. The topological polar surface area (TPSA) is 70.6 Å². The van der Waals surface area contributed by atoms with E-state index >= 15 is 0 Å². The summed E-state index contributed by atoms with van der Waals surface area (Å²) in [6.07, 6.45) is 2.68. The van der Waals surface area contributed by atoms with Crippen LogP contribution in [0.1, 0.15) is 25.8 Å². The summed E-state index contributed by atoms with van der Waals surface area (Å²) >= 11 is 3.63. The molecule has 1 heterocycles. The summed E-state index contributed by atoms with van der Waals surface area (Å²) in [5.74, 6) is 0.882. The van der Waals surface area contributed by atoms with Gasteiger partial charge in [-0.05, 0) is 61.3 Å². The lowest BCUT2D eigenvalue weighted by atomic mass is 10.2. The highest BCUT2D eigenvalue weighted by atomic mass is 35.5. The van der Waals surface area contributed by atoms with Crippen LogP contribution in [0, 0.1) is 0 Å². The van der Waals surface area contributed by atoms with Gasteiger partial charge < -0.3 is 13.8 Å². The average Bonchev–Trinajstić information content (AvgIpc) is 3.09. The third kappa shape index (κ3) is 6.52. The van der Waals surface area contributed by atoms with Gasteiger partial charge in [0.2, 0.25) is 0 Å². The molecule has 5 nitrogen and oxygen atoms in total. The number of nitrogens with one attached hydrogen (secondary N) is 1. The van der Waals surface area contributed by atoms with E-state index in [1.807, 2.05) is 26.0 Å². The third-order valence-electron chi connectivity index (χ3n) is 4.68. The molecule has 158 valence electrons. The Morgan fingerprint density at radius 2 is 1.93 bits per heavy atom. The number of ether oxygens (including phenoxy) is 1. The van der Waals surface area contributed by atoms with Gasteiger partial charge in [-0.2, -0.15) is 0 Å². The van der Waals surface area contributed by atoms with Crippen molar-refractivity contribution in [3.63, 3.8) is 0 Å². The molecule has 1 fully saturated rings. The SMILES string of the molecule is CC(C)Oc1ccc(CN2CC[C@@H](N[S@@+]([O-])c3cc([S@+](C)[O-])ccc3Cl)C2)cc1. The minimum Gasteiger partial charge on any atom is -0.612 e. The molecule has 0 unspecified atom stereocenters. The van der Waals surface area contributed by atoms with Crippen LogP contribution in [-0.4, -0.2) is 45.5 Å². The number of nitrogens with zero attached hydrogens (tertiary/aromatic N) is 1. The van der Waals surface area contributed by atoms with Crippen LogP contribution in [0.3, 0.4) is 0 Å². The van der Waals surface area contributed by atoms with Gasteiger partial charge in [-0.25, -0.2) is 0 Å². The number of hydrogen-bond acceptors (Lipinski definition) is 5. The molecule has 0 aliphatic carbocycles. The van der Waals surface area contributed by atoms with Crippen molar-refractivity contribution in [3.05, 3.63) is 53.1 Å². The Kier molecular flexibility index (Phi) is 8.15. The number of rotatable bonds is 8. The Morgan fingerprint density at radius 1 is 1.21 bits per heavy atom. The van der Waals surface area contributed by atoms with E-state index in [-0.39, 0.29) is 12.1 Å². The first-order valence-corrected chi connectivity index (χ1v) is 12.7. The predicted molar refractivity (Wildman–Crippen MR) is 119 cm³/mol. The lowest BCUT2D eigenvalue weighted by Gasteiger charge is -2.19. The van der Waals surface area contributed by atoms with Crippen molar-refractivity contribution < 1.29 is 13.8 Å². The van der Waals surface area contributed by atoms with E-state index in [2.05, 4.69) is 21.8 Å². The molecular weight excluding hydrogens is 428 g/mol. The zero-order valence-electron chi connectivity index (χ0n) is 16.9. The number of hydrogen-bond donors (Lipinski definition) is 1. The van der Waals surface area contributed by atoms with Crippen molar-refractivity contribution in [2.45, 2.75) is 48.7 Å². The molecule has 0 spiro atoms. The highest BCUT2D eigenvalue weighted by Gasteiger charge is 2.28. The summed E-state index contributed by atoms with van der Waals surface area (Å²) in [4.78, 5) is 3.45. The highest BCUT2D eigenvalue weighted by molar-refractivity contribution is 7.91. The van der Waals surface area contributed by atoms with Gasteiger partial charge in [0.1, 0.15) is 12.0 Å². The van der Waals surface area contributed by atoms with Crippen molar-refractivity contribution in [1.29, 1.82) is 0 Å². The summed E-state index contributed by atoms with van der Waals surface area (Å²) in [5, 5.41) is 0.420.